The molecule has 0 unspecified atom stereocenters. The highest BCUT2D eigenvalue weighted by Crippen LogP contribution is 2.21. The largest absolute Gasteiger partial charge is 0.303 e. The summed E-state index contributed by atoms with van der Waals surface area (Å²) < 4.78 is 0. The summed E-state index contributed by atoms with van der Waals surface area (Å²) >= 11 is 0. The Balaban J connectivity index is 1.94. The van der Waals surface area contributed by atoms with Gasteiger partial charge in [-0.2, -0.15) is 0 Å². The Kier molecular flexibility index (Phi) is 7.90. The van der Waals surface area contributed by atoms with Crippen molar-refractivity contribution in [2.24, 2.45) is 0 Å². The summed E-state index contributed by atoms with van der Waals surface area (Å²) in [6.45, 7) is 10.3. The zero-order valence-corrected chi connectivity index (χ0v) is 15.5. The predicted octanol–water partition coefficient (Wildman–Crippen LogP) is 4.90. The fourth-order valence-electron chi connectivity index (χ4n) is 3.16. The highest BCUT2D eigenvalue weighted by atomic mass is 15.1. The maximum absolute atomic E-state index is 4.59. The molecule has 130 valence electrons. The van der Waals surface area contributed by atoms with E-state index in [1.165, 1.54) is 56.4 Å². The molecule has 0 aliphatic carbocycles. The molecule has 0 saturated heterocycles. The maximum atomic E-state index is 4.59. The lowest BCUT2D eigenvalue weighted by Crippen LogP contribution is -2.26. The van der Waals surface area contributed by atoms with Crippen molar-refractivity contribution in [3.05, 3.63) is 47.8 Å². The van der Waals surface area contributed by atoms with Gasteiger partial charge in [-0.3, -0.25) is 9.97 Å². The molecule has 3 nitrogen and oxygen atoms in total. The third kappa shape index (κ3) is 5.72. The van der Waals surface area contributed by atoms with E-state index in [0.717, 1.165) is 17.8 Å². The molecule has 0 aliphatic rings. The molecule has 0 N–H and O–H groups in total. The van der Waals surface area contributed by atoms with Crippen molar-refractivity contribution in [2.45, 2.75) is 52.9 Å². The average Bonchev–Trinajstić information content (AvgIpc) is 2.59. The van der Waals surface area contributed by atoms with Gasteiger partial charge in [-0.05, 0) is 88.0 Å². The molecule has 3 heteroatoms. The Morgan fingerprint density at radius 2 is 1.71 bits per heavy atom. The molecule has 0 atom stereocenters. The summed E-state index contributed by atoms with van der Waals surface area (Å²) in [5.41, 5.74) is 4.57. The monoisotopic (exact) mass is 325 g/mol. The third-order valence-corrected chi connectivity index (χ3v) is 4.30. The van der Waals surface area contributed by atoms with Gasteiger partial charge in [0.15, 0.2) is 0 Å². The first kappa shape index (κ1) is 18.6. The minimum absolute atomic E-state index is 0.990. The number of aromatic nitrogens is 2. The molecular formula is C21H31N3. The van der Waals surface area contributed by atoms with E-state index in [9.17, 15) is 0 Å². The molecule has 0 aromatic carbocycles. The number of rotatable bonds is 10. The van der Waals surface area contributed by atoms with Gasteiger partial charge in [-0.1, -0.05) is 19.9 Å². The number of nitrogens with zero attached hydrogens (tertiary/aromatic N) is 3. The summed E-state index contributed by atoms with van der Waals surface area (Å²) in [5, 5.41) is 0. The molecule has 0 saturated carbocycles. The van der Waals surface area contributed by atoms with Crippen LogP contribution in [-0.2, 0) is 6.42 Å². The number of hydrogen-bond acceptors (Lipinski definition) is 3. The zero-order valence-electron chi connectivity index (χ0n) is 15.5. The molecule has 0 amide bonds. The Hall–Kier alpha value is -1.74. The van der Waals surface area contributed by atoms with Crippen LogP contribution in [0.25, 0.3) is 11.4 Å². The van der Waals surface area contributed by atoms with Gasteiger partial charge < -0.3 is 4.90 Å². The minimum Gasteiger partial charge on any atom is -0.303 e. The first-order chi connectivity index (χ1) is 11.7. The van der Waals surface area contributed by atoms with Crippen molar-refractivity contribution in [3.63, 3.8) is 0 Å². The smallest absolute Gasteiger partial charge is 0.0918 e. The number of aryl methyl sites for hydroxylation is 2. The van der Waals surface area contributed by atoms with Gasteiger partial charge in [0, 0.05) is 12.4 Å². The molecule has 2 aromatic rings. The van der Waals surface area contributed by atoms with E-state index in [0.29, 0.717) is 0 Å². The number of unbranched alkanes of at least 4 members (excludes halogenated alkanes) is 1. The van der Waals surface area contributed by atoms with Crippen LogP contribution in [0.3, 0.4) is 0 Å². The van der Waals surface area contributed by atoms with E-state index in [1.807, 2.05) is 24.5 Å². The van der Waals surface area contributed by atoms with E-state index < -0.39 is 0 Å². The van der Waals surface area contributed by atoms with Crippen LogP contribution >= 0.6 is 0 Å². The van der Waals surface area contributed by atoms with Crippen molar-refractivity contribution in [1.82, 2.24) is 14.9 Å². The second kappa shape index (κ2) is 10.2. The van der Waals surface area contributed by atoms with Crippen LogP contribution in [0.5, 0.6) is 0 Å². The Labute approximate surface area is 147 Å². The highest BCUT2D eigenvalue weighted by molar-refractivity contribution is 5.59. The molecule has 0 aliphatic heterocycles. The molecule has 24 heavy (non-hydrogen) atoms. The minimum atomic E-state index is 0.990. The fourth-order valence-corrected chi connectivity index (χ4v) is 3.16. The molecule has 2 heterocycles. The van der Waals surface area contributed by atoms with Gasteiger partial charge in [0.1, 0.15) is 0 Å². The SMILES string of the molecule is CCCN(CCC)CCCCc1cccnc1-c1cc(C)ccn1. The number of pyridine rings is 2. The summed E-state index contributed by atoms with van der Waals surface area (Å²) in [6.07, 6.45) is 9.75. The second-order valence-corrected chi connectivity index (χ2v) is 6.53. The van der Waals surface area contributed by atoms with E-state index >= 15 is 0 Å². The maximum Gasteiger partial charge on any atom is 0.0918 e. The lowest BCUT2D eigenvalue weighted by molar-refractivity contribution is 0.269. The second-order valence-electron chi connectivity index (χ2n) is 6.53. The zero-order chi connectivity index (χ0) is 17.2. The Bertz CT molecular complexity index is 604. The van der Waals surface area contributed by atoms with Gasteiger partial charge in [0.25, 0.3) is 0 Å². The standard InChI is InChI=1S/C21H31N3/c1-4-14-24(15-5-2)16-7-6-9-19-10-8-12-23-21(19)20-17-18(3)11-13-22-20/h8,10-13,17H,4-7,9,14-16H2,1-3H3. The quantitative estimate of drug-likeness (QED) is 0.582. The van der Waals surface area contributed by atoms with Crippen molar-refractivity contribution in [2.75, 3.05) is 19.6 Å². The van der Waals surface area contributed by atoms with E-state index in [1.54, 1.807) is 0 Å². The fraction of sp³-hybridized carbons (Fsp3) is 0.524. The molecule has 2 rings (SSSR count). The molecule has 0 spiro atoms. The van der Waals surface area contributed by atoms with Gasteiger partial charge in [0.05, 0.1) is 11.4 Å². The molecular weight excluding hydrogens is 294 g/mol. The molecule has 0 radical (unpaired) electrons. The van der Waals surface area contributed by atoms with Crippen LogP contribution in [0.15, 0.2) is 36.7 Å². The van der Waals surface area contributed by atoms with Crippen LogP contribution in [0.4, 0.5) is 0 Å². The molecule has 0 bridgehead atoms. The van der Waals surface area contributed by atoms with Crippen molar-refractivity contribution in [3.8, 4) is 11.4 Å². The van der Waals surface area contributed by atoms with Crippen molar-refractivity contribution < 1.29 is 0 Å². The summed E-state index contributed by atoms with van der Waals surface area (Å²) in [4.78, 5) is 11.7. The van der Waals surface area contributed by atoms with Crippen LogP contribution in [-0.4, -0.2) is 34.5 Å². The average molecular weight is 326 g/mol. The first-order valence-electron chi connectivity index (χ1n) is 9.33. The van der Waals surface area contributed by atoms with Crippen LogP contribution in [0, 0.1) is 6.92 Å². The van der Waals surface area contributed by atoms with E-state index in [4.69, 9.17) is 0 Å². The van der Waals surface area contributed by atoms with Crippen molar-refractivity contribution >= 4 is 0 Å². The normalized spacial score (nSPS) is 11.2. The summed E-state index contributed by atoms with van der Waals surface area (Å²) in [6, 6.07) is 8.38. The van der Waals surface area contributed by atoms with Gasteiger partial charge >= 0.3 is 0 Å². The molecule has 2 aromatic heterocycles. The lowest BCUT2D eigenvalue weighted by atomic mass is 10.0. The summed E-state index contributed by atoms with van der Waals surface area (Å²) in [5.74, 6) is 0. The van der Waals surface area contributed by atoms with E-state index in [2.05, 4.69) is 47.8 Å². The lowest BCUT2D eigenvalue weighted by Gasteiger charge is -2.20. The van der Waals surface area contributed by atoms with Crippen LogP contribution in [0.1, 0.15) is 50.7 Å². The highest BCUT2D eigenvalue weighted by Gasteiger charge is 2.08. The van der Waals surface area contributed by atoms with Gasteiger partial charge in [-0.15, -0.1) is 0 Å². The summed E-state index contributed by atoms with van der Waals surface area (Å²) in [7, 11) is 0. The van der Waals surface area contributed by atoms with Crippen LogP contribution in [0.2, 0.25) is 0 Å². The van der Waals surface area contributed by atoms with Gasteiger partial charge in [0.2, 0.25) is 0 Å². The Morgan fingerprint density at radius 1 is 0.917 bits per heavy atom. The Morgan fingerprint density at radius 3 is 2.42 bits per heavy atom. The first-order valence-corrected chi connectivity index (χ1v) is 9.33. The van der Waals surface area contributed by atoms with Crippen LogP contribution < -0.4 is 0 Å². The predicted molar refractivity (Wildman–Crippen MR) is 102 cm³/mol. The van der Waals surface area contributed by atoms with Crippen molar-refractivity contribution in [1.29, 1.82) is 0 Å². The van der Waals surface area contributed by atoms with E-state index in [-0.39, 0.29) is 0 Å². The number of hydrogen-bond donors (Lipinski definition) is 0. The van der Waals surface area contributed by atoms with Gasteiger partial charge in [-0.25, -0.2) is 0 Å². The molecule has 0 fully saturated rings. The topological polar surface area (TPSA) is 29.0 Å². The third-order valence-electron chi connectivity index (χ3n) is 4.30.